The zero-order chi connectivity index (χ0) is 23.8. The molecule has 0 radical (unpaired) electrons. The number of anilines is 1. The van der Waals surface area contributed by atoms with E-state index in [0.29, 0.717) is 28.3 Å². The molecule has 2 N–H and O–H groups in total. The Kier molecular flexibility index (Phi) is 6.14. The average Bonchev–Trinajstić information content (AvgIpc) is 3.46. The molecule has 0 bridgehead atoms. The van der Waals surface area contributed by atoms with Gasteiger partial charge in [0.05, 0.1) is 29.7 Å². The fourth-order valence-corrected chi connectivity index (χ4v) is 3.54. The Balaban J connectivity index is 1.71. The lowest BCUT2D eigenvalue weighted by atomic mass is 10.0. The van der Waals surface area contributed by atoms with E-state index < -0.39 is 12.6 Å². The molecule has 0 atom stereocenters. The maximum Gasteiger partial charge on any atom is 0.390 e. The van der Waals surface area contributed by atoms with Crippen LogP contribution in [0.5, 0.6) is 0 Å². The molecular formula is C24H26F3N5O. The first-order valence-electron chi connectivity index (χ1n) is 10.9. The number of benzene rings is 1. The van der Waals surface area contributed by atoms with Crippen molar-refractivity contribution in [3.05, 3.63) is 53.4 Å². The second-order valence-electron chi connectivity index (χ2n) is 8.36. The first kappa shape index (κ1) is 22.8. The number of halogens is 3. The zero-order valence-corrected chi connectivity index (χ0v) is 18.8. The van der Waals surface area contributed by atoms with Crippen molar-refractivity contribution in [2.24, 2.45) is 0 Å². The number of alkyl halides is 3. The summed E-state index contributed by atoms with van der Waals surface area (Å²) in [6, 6.07) is 7.51. The van der Waals surface area contributed by atoms with Gasteiger partial charge in [-0.3, -0.25) is 4.79 Å². The minimum atomic E-state index is -4.25. The lowest BCUT2D eigenvalue weighted by molar-refractivity contribution is -0.131. The van der Waals surface area contributed by atoms with E-state index in [1.807, 2.05) is 39.0 Å². The number of aromatic nitrogens is 3. The lowest BCUT2D eigenvalue weighted by Crippen LogP contribution is -2.26. The molecule has 0 spiro atoms. The number of allylic oxidation sites excluding steroid dienone is 2. The zero-order valence-electron chi connectivity index (χ0n) is 18.8. The molecule has 1 fully saturated rings. The summed E-state index contributed by atoms with van der Waals surface area (Å²) in [7, 11) is 0. The van der Waals surface area contributed by atoms with E-state index in [4.69, 9.17) is 0 Å². The van der Waals surface area contributed by atoms with Crippen molar-refractivity contribution in [2.75, 3.05) is 11.9 Å². The van der Waals surface area contributed by atoms with Crippen molar-refractivity contribution < 1.29 is 18.0 Å². The number of aryl methyl sites for hydroxylation is 1. The molecule has 0 unspecified atom stereocenters. The van der Waals surface area contributed by atoms with Gasteiger partial charge in [-0.25, -0.2) is 9.50 Å². The molecule has 6 nitrogen and oxygen atoms in total. The summed E-state index contributed by atoms with van der Waals surface area (Å²) in [5.41, 5.74) is 5.38. The number of hydrogen-bond donors (Lipinski definition) is 2. The summed E-state index contributed by atoms with van der Waals surface area (Å²) in [4.78, 5) is 16.9. The van der Waals surface area contributed by atoms with Crippen molar-refractivity contribution >= 4 is 22.8 Å². The normalized spacial score (nSPS) is 14.5. The molecule has 1 saturated carbocycles. The molecule has 4 rings (SSSR count). The van der Waals surface area contributed by atoms with Gasteiger partial charge in [-0.1, -0.05) is 12.1 Å². The Morgan fingerprint density at radius 1 is 1.27 bits per heavy atom. The molecule has 0 aliphatic heterocycles. The number of nitrogens with one attached hydrogen (secondary N) is 2. The molecule has 3 aromatic rings. The molecule has 2 heterocycles. The Morgan fingerprint density at radius 3 is 2.67 bits per heavy atom. The predicted molar refractivity (Wildman–Crippen MR) is 122 cm³/mol. The van der Waals surface area contributed by atoms with E-state index >= 15 is 0 Å². The van der Waals surface area contributed by atoms with Crippen LogP contribution in [0.25, 0.3) is 22.5 Å². The van der Waals surface area contributed by atoms with Crippen LogP contribution in [0.15, 0.2) is 36.5 Å². The van der Waals surface area contributed by atoms with E-state index in [-0.39, 0.29) is 18.5 Å². The number of amides is 1. The number of hydrogen-bond acceptors (Lipinski definition) is 4. The number of imidazole rings is 1. The van der Waals surface area contributed by atoms with Gasteiger partial charge in [0.15, 0.2) is 5.65 Å². The van der Waals surface area contributed by atoms with Crippen molar-refractivity contribution in [1.29, 1.82) is 0 Å². The monoisotopic (exact) mass is 457 g/mol. The standard InChI is InChI=1S/C24H26F3N5O/c1-4-14(2)19-12-20(28-10-9-24(25,26)27)22-29-13-21(32(22)31-19)16-5-8-18(15(3)11-16)23(33)30-17-6-7-17/h4-5,8,11-13,17,28H,6-7,9-10H2,1-3H3,(H,30,33)/b14-4-. The lowest BCUT2D eigenvalue weighted by Gasteiger charge is -2.13. The van der Waals surface area contributed by atoms with Gasteiger partial charge in [-0.15, -0.1) is 0 Å². The van der Waals surface area contributed by atoms with Crippen LogP contribution in [0.4, 0.5) is 18.9 Å². The smallest absolute Gasteiger partial charge is 0.382 e. The number of rotatable bonds is 7. The van der Waals surface area contributed by atoms with Gasteiger partial charge in [0.2, 0.25) is 0 Å². The Bertz CT molecular complexity index is 1220. The van der Waals surface area contributed by atoms with Crippen LogP contribution in [0.1, 0.15) is 54.7 Å². The van der Waals surface area contributed by atoms with E-state index in [0.717, 1.165) is 29.5 Å². The topological polar surface area (TPSA) is 71.3 Å². The second kappa shape index (κ2) is 8.88. The quantitative estimate of drug-likeness (QED) is 0.499. The summed E-state index contributed by atoms with van der Waals surface area (Å²) in [6.07, 6.45) is 0.375. The van der Waals surface area contributed by atoms with Crippen molar-refractivity contribution in [2.45, 2.75) is 52.3 Å². The first-order valence-corrected chi connectivity index (χ1v) is 10.9. The van der Waals surface area contributed by atoms with Gasteiger partial charge in [-0.2, -0.15) is 18.3 Å². The summed E-state index contributed by atoms with van der Waals surface area (Å²) in [5.74, 6) is -0.0834. The van der Waals surface area contributed by atoms with Crippen LogP contribution in [-0.4, -0.2) is 39.3 Å². The Labute approximate surface area is 189 Å². The molecule has 174 valence electrons. The van der Waals surface area contributed by atoms with Gasteiger partial charge >= 0.3 is 6.18 Å². The highest BCUT2D eigenvalue weighted by Gasteiger charge is 2.27. The van der Waals surface area contributed by atoms with E-state index in [1.165, 1.54) is 0 Å². The van der Waals surface area contributed by atoms with Crippen LogP contribution in [0, 0.1) is 6.92 Å². The minimum Gasteiger partial charge on any atom is -0.382 e. The van der Waals surface area contributed by atoms with Gasteiger partial charge in [0.25, 0.3) is 5.91 Å². The van der Waals surface area contributed by atoms with E-state index in [9.17, 15) is 18.0 Å². The highest BCUT2D eigenvalue weighted by molar-refractivity contribution is 5.96. The summed E-state index contributed by atoms with van der Waals surface area (Å²) in [5, 5.41) is 10.5. The molecule has 33 heavy (non-hydrogen) atoms. The Hall–Kier alpha value is -3.36. The fourth-order valence-electron chi connectivity index (χ4n) is 3.54. The van der Waals surface area contributed by atoms with Crippen LogP contribution < -0.4 is 10.6 Å². The average molecular weight is 458 g/mol. The van der Waals surface area contributed by atoms with Gasteiger partial charge in [0.1, 0.15) is 0 Å². The number of carbonyl (C=O) groups excluding carboxylic acids is 1. The second-order valence-corrected chi connectivity index (χ2v) is 8.36. The largest absolute Gasteiger partial charge is 0.390 e. The molecule has 0 saturated heterocycles. The highest BCUT2D eigenvalue weighted by Crippen LogP contribution is 2.29. The van der Waals surface area contributed by atoms with Crippen molar-refractivity contribution in [3.8, 4) is 11.3 Å². The molecule has 9 heteroatoms. The molecular weight excluding hydrogens is 431 g/mol. The fraction of sp³-hybridized carbons (Fsp3) is 0.375. The van der Waals surface area contributed by atoms with E-state index in [1.54, 1.807) is 22.8 Å². The first-order chi connectivity index (χ1) is 15.7. The number of nitrogens with zero attached hydrogens (tertiary/aromatic N) is 3. The van der Waals surface area contributed by atoms with Crippen LogP contribution in [0.3, 0.4) is 0 Å². The number of fused-ring (bicyclic) bond motifs is 1. The maximum absolute atomic E-state index is 12.6. The minimum absolute atomic E-state index is 0.0834. The highest BCUT2D eigenvalue weighted by atomic mass is 19.4. The van der Waals surface area contributed by atoms with Crippen molar-refractivity contribution in [1.82, 2.24) is 19.9 Å². The Morgan fingerprint density at radius 2 is 2.03 bits per heavy atom. The van der Waals surface area contributed by atoms with Crippen molar-refractivity contribution in [3.63, 3.8) is 0 Å². The van der Waals surface area contributed by atoms with E-state index in [2.05, 4.69) is 20.7 Å². The van der Waals surface area contributed by atoms with Gasteiger partial charge < -0.3 is 10.6 Å². The third kappa shape index (κ3) is 5.18. The summed E-state index contributed by atoms with van der Waals surface area (Å²) >= 11 is 0. The third-order valence-electron chi connectivity index (χ3n) is 5.71. The number of carbonyl (C=O) groups is 1. The molecule has 1 aliphatic rings. The molecule has 1 aromatic carbocycles. The summed E-state index contributed by atoms with van der Waals surface area (Å²) < 4.78 is 39.6. The van der Waals surface area contributed by atoms with Crippen LogP contribution in [-0.2, 0) is 0 Å². The van der Waals surface area contributed by atoms with Crippen LogP contribution in [0.2, 0.25) is 0 Å². The van der Waals surface area contributed by atoms with Gasteiger partial charge in [-0.05, 0) is 62.9 Å². The maximum atomic E-state index is 12.6. The van der Waals surface area contributed by atoms with Crippen LogP contribution >= 0.6 is 0 Å². The third-order valence-corrected chi connectivity index (χ3v) is 5.71. The van der Waals surface area contributed by atoms with Gasteiger partial charge in [0, 0.05) is 23.7 Å². The SMILES string of the molecule is C/C=C(/C)c1cc(NCCC(F)(F)F)c2ncc(-c3ccc(C(=O)NC4CC4)c(C)c3)n2n1. The predicted octanol–water partition coefficient (Wildman–Crippen LogP) is 5.38. The molecule has 1 aliphatic carbocycles. The summed E-state index contributed by atoms with van der Waals surface area (Å²) in [6.45, 7) is 5.38. The molecule has 1 amide bonds. The molecule has 2 aromatic heterocycles.